The highest BCUT2D eigenvalue weighted by molar-refractivity contribution is 5.83. The Kier molecular flexibility index (Phi) is 8.93. The number of carbonyl (C=O) groups excluding carboxylic acids is 2. The Hall–Kier alpha value is -4.96. The van der Waals surface area contributed by atoms with E-state index in [-0.39, 0.29) is 5.91 Å². The number of hydrogen-bond acceptors (Lipinski definition) is 6. The summed E-state index contributed by atoms with van der Waals surface area (Å²) in [6, 6.07) is 24.4. The summed E-state index contributed by atoms with van der Waals surface area (Å²) in [6.07, 6.45) is 2.82. The standard InChI is InChI=1S/C32H34N6O4/c1-21(40)34-28(16-22-8-4-3-5-9-22)31-36-37-32(38(31)19-23-12-14-25(42-2)15-13-23)29(35-30(41)20-39)17-24-18-33-27-11-7-6-10-26(24)27/h3-15,18,28-29,33,39H,16-17,19-20H2,1-2H3,(H,34,40)(H,35,41). The van der Waals surface area contributed by atoms with Crippen molar-refractivity contribution in [3.05, 3.63) is 113 Å². The van der Waals surface area contributed by atoms with Gasteiger partial charge in [0.05, 0.1) is 25.7 Å². The zero-order valence-electron chi connectivity index (χ0n) is 23.6. The van der Waals surface area contributed by atoms with Gasteiger partial charge in [0.2, 0.25) is 11.8 Å². The number of carbonyl (C=O) groups is 2. The topological polar surface area (TPSA) is 134 Å². The molecule has 0 aliphatic heterocycles. The third kappa shape index (κ3) is 6.67. The molecule has 5 rings (SSSR count). The number of fused-ring (bicyclic) bond motifs is 1. The molecule has 2 amide bonds. The van der Waals surface area contributed by atoms with E-state index in [0.717, 1.165) is 33.3 Å². The Labute approximate surface area is 243 Å². The Morgan fingerprint density at radius 3 is 2.21 bits per heavy atom. The molecule has 0 bridgehead atoms. The molecule has 0 fully saturated rings. The van der Waals surface area contributed by atoms with Crippen LogP contribution in [0.2, 0.25) is 0 Å². The summed E-state index contributed by atoms with van der Waals surface area (Å²) in [6.45, 7) is 1.20. The molecule has 0 aliphatic rings. The summed E-state index contributed by atoms with van der Waals surface area (Å²) in [5.74, 6) is 1.08. The Balaban J connectivity index is 1.60. The van der Waals surface area contributed by atoms with Gasteiger partial charge in [-0.3, -0.25) is 9.59 Å². The molecule has 2 heterocycles. The molecule has 5 aromatic rings. The number of hydrogen-bond donors (Lipinski definition) is 4. The molecule has 0 saturated carbocycles. The number of aliphatic hydroxyl groups excluding tert-OH is 1. The Morgan fingerprint density at radius 2 is 1.55 bits per heavy atom. The number of rotatable bonds is 12. The van der Waals surface area contributed by atoms with Gasteiger partial charge in [-0.25, -0.2) is 0 Å². The van der Waals surface area contributed by atoms with Crippen molar-refractivity contribution in [2.24, 2.45) is 0 Å². The predicted molar refractivity (Wildman–Crippen MR) is 159 cm³/mol. The number of amides is 2. The van der Waals surface area contributed by atoms with E-state index >= 15 is 0 Å². The second-order valence-electron chi connectivity index (χ2n) is 10.1. The lowest BCUT2D eigenvalue weighted by Crippen LogP contribution is -2.35. The molecule has 3 aromatic carbocycles. The molecule has 0 radical (unpaired) electrons. The molecule has 2 unspecified atom stereocenters. The van der Waals surface area contributed by atoms with Gasteiger partial charge in [-0.1, -0.05) is 60.7 Å². The highest BCUT2D eigenvalue weighted by Gasteiger charge is 2.28. The van der Waals surface area contributed by atoms with Crippen LogP contribution in [0.5, 0.6) is 5.75 Å². The number of nitrogens with one attached hydrogen (secondary N) is 3. The Morgan fingerprint density at radius 1 is 0.881 bits per heavy atom. The van der Waals surface area contributed by atoms with Crippen molar-refractivity contribution in [1.29, 1.82) is 0 Å². The lowest BCUT2D eigenvalue weighted by molar-refractivity contribution is -0.124. The van der Waals surface area contributed by atoms with Crippen molar-refractivity contribution < 1.29 is 19.4 Å². The number of benzene rings is 3. The highest BCUT2D eigenvalue weighted by atomic mass is 16.5. The maximum atomic E-state index is 12.6. The van der Waals surface area contributed by atoms with Gasteiger partial charge in [-0.2, -0.15) is 0 Å². The number of nitrogens with zero attached hydrogens (tertiary/aromatic N) is 3. The van der Waals surface area contributed by atoms with Crippen LogP contribution in [-0.4, -0.2) is 50.4 Å². The fourth-order valence-electron chi connectivity index (χ4n) is 5.19. The molecule has 0 spiro atoms. The van der Waals surface area contributed by atoms with Crippen LogP contribution in [0.25, 0.3) is 10.9 Å². The first-order valence-corrected chi connectivity index (χ1v) is 13.8. The van der Waals surface area contributed by atoms with Crippen LogP contribution in [0.15, 0.2) is 85.1 Å². The van der Waals surface area contributed by atoms with Crippen LogP contribution in [0, 0.1) is 0 Å². The molecule has 2 aromatic heterocycles. The van der Waals surface area contributed by atoms with E-state index in [9.17, 15) is 14.7 Å². The minimum atomic E-state index is -0.660. The van der Waals surface area contributed by atoms with Gasteiger partial charge in [0.1, 0.15) is 12.4 Å². The molecule has 0 saturated heterocycles. The van der Waals surface area contributed by atoms with Crippen LogP contribution in [0.4, 0.5) is 0 Å². The molecular formula is C32H34N6O4. The quantitative estimate of drug-likeness (QED) is 0.182. The van der Waals surface area contributed by atoms with E-state index in [4.69, 9.17) is 4.74 Å². The first kappa shape index (κ1) is 28.6. The minimum Gasteiger partial charge on any atom is -0.497 e. The summed E-state index contributed by atoms with van der Waals surface area (Å²) in [5.41, 5.74) is 3.95. The summed E-state index contributed by atoms with van der Waals surface area (Å²) in [7, 11) is 1.62. The summed E-state index contributed by atoms with van der Waals surface area (Å²) in [4.78, 5) is 28.2. The lowest BCUT2D eigenvalue weighted by atomic mass is 10.0. The first-order chi connectivity index (χ1) is 20.4. The predicted octanol–water partition coefficient (Wildman–Crippen LogP) is 3.63. The average Bonchev–Trinajstić information content (AvgIpc) is 3.61. The maximum absolute atomic E-state index is 12.6. The molecule has 10 heteroatoms. The van der Waals surface area contributed by atoms with Gasteiger partial charge < -0.3 is 30.0 Å². The van der Waals surface area contributed by atoms with Crippen LogP contribution < -0.4 is 15.4 Å². The van der Waals surface area contributed by atoms with Crippen molar-refractivity contribution in [3.8, 4) is 5.75 Å². The molecule has 42 heavy (non-hydrogen) atoms. The third-order valence-electron chi connectivity index (χ3n) is 7.17. The zero-order chi connectivity index (χ0) is 29.5. The van der Waals surface area contributed by atoms with Crippen molar-refractivity contribution >= 4 is 22.7 Å². The Bertz CT molecular complexity index is 1640. The number of aromatic nitrogens is 4. The number of aromatic amines is 1. The third-order valence-corrected chi connectivity index (χ3v) is 7.17. The lowest BCUT2D eigenvalue weighted by Gasteiger charge is -2.23. The fourth-order valence-corrected chi connectivity index (χ4v) is 5.19. The van der Waals surface area contributed by atoms with Crippen molar-refractivity contribution in [2.75, 3.05) is 13.7 Å². The SMILES string of the molecule is COc1ccc(Cn2c(C(Cc3ccccc3)NC(C)=O)nnc2C(Cc2c[nH]c3ccccc23)NC(=O)CO)cc1. The molecule has 0 aliphatic carbocycles. The van der Waals surface area contributed by atoms with Gasteiger partial charge in [-0.05, 0) is 41.3 Å². The monoisotopic (exact) mass is 566 g/mol. The number of methoxy groups -OCH3 is 1. The molecule has 4 N–H and O–H groups in total. The summed E-state index contributed by atoms with van der Waals surface area (Å²) >= 11 is 0. The van der Waals surface area contributed by atoms with Crippen LogP contribution in [0.3, 0.4) is 0 Å². The normalized spacial score (nSPS) is 12.5. The first-order valence-electron chi connectivity index (χ1n) is 13.8. The summed E-state index contributed by atoms with van der Waals surface area (Å²) in [5, 5.41) is 25.8. The average molecular weight is 567 g/mol. The molecule has 216 valence electrons. The number of aliphatic hydroxyl groups is 1. The van der Waals surface area contributed by atoms with Crippen molar-refractivity contribution in [3.63, 3.8) is 0 Å². The number of para-hydroxylation sites is 1. The second-order valence-corrected chi connectivity index (χ2v) is 10.1. The minimum absolute atomic E-state index is 0.194. The highest BCUT2D eigenvalue weighted by Crippen LogP contribution is 2.27. The van der Waals surface area contributed by atoms with Crippen LogP contribution in [0.1, 0.15) is 47.3 Å². The van der Waals surface area contributed by atoms with Crippen molar-refractivity contribution in [1.82, 2.24) is 30.4 Å². The summed E-state index contributed by atoms with van der Waals surface area (Å²) < 4.78 is 7.28. The largest absolute Gasteiger partial charge is 0.497 e. The maximum Gasteiger partial charge on any atom is 0.246 e. The van der Waals surface area contributed by atoms with E-state index in [1.54, 1.807) is 7.11 Å². The van der Waals surface area contributed by atoms with Gasteiger partial charge >= 0.3 is 0 Å². The van der Waals surface area contributed by atoms with E-state index in [0.29, 0.717) is 31.0 Å². The van der Waals surface area contributed by atoms with E-state index in [2.05, 4.69) is 25.8 Å². The second kappa shape index (κ2) is 13.1. The van der Waals surface area contributed by atoms with Gasteiger partial charge in [0.15, 0.2) is 11.6 Å². The zero-order valence-corrected chi connectivity index (χ0v) is 23.6. The van der Waals surface area contributed by atoms with Crippen LogP contribution in [-0.2, 0) is 29.0 Å². The van der Waals surface area contributed by atoms with Gasteiger partial charge in [0, 0.05) is 30.4 Å². The molecular weight excluding hydrogens is 532 g/mol. The molecule has 2 atom stereocenters. The van der Waals surface area contributed by atoms with Gasteiger partial charge in [0.25, 0.3) is 0 Å². The van der Waals surface area contributed by atoms with Gasteiger partial charge in [-0.15, -0.1) is 10.2 Å². The smallest absolute Gasteiger partial charge is 0.246 e. The van der Waals surface area contributed by atoms with E-state index in [1.165, 1.54) is 6.92 Å². The molecule has 10 nitrogen and oxygen atoms in total. The van der Waals surface area contributed by atoms with Crippen molar-refractivity contribution in [2.45, 2.75) is 38.4 Å². The number of ether oxygens (including phenoxy) is 1. The number of H-pyrrole nitrogens is 1. The van der Waals surface area contributed by atoms with Crippen LogP contribution >= 0.6 is 0 Å². The van der Waals surface area contributed by atoms with E-state index < -0.39 is 24.6 Å². The van der Waals surface area contributed by atoms with E-state index in [1.807, 2.05) is 89.6 Å². The fraction of sp³-hybridized carbons (Fsp3) is 0.250.